The summed E-state index contributed by atoms with van der Waals surface area (Å²) < 4.78 is 13.7. The SMILES string of the molecule is C=CC(=O)N1CC(C(=O)Nc2ccc(F)cc2-c2ccc(Cl)cc2)C1. The molecular weight excluding hydrogens is 343 g/mol. The molecule has 1 N–H and O–H groups in total. The van der Waals surface area contributed by atoms with E-state index in [2.05, 4.69) is 11.9 Å². The molecular formula is C19H16ClFN2O2. The number of hydrogen-bond donors (Lipinski definition) is 1. The number of carbonyl (C=O) groups is 2. The molecule has 0 atom stereocenters. The maximum Gasteiger partial charge on any atom is 0.246 e. The van der Waals surface area contributed by atoms with Crippen LogP contribution in [0.2, 0.25) is 5.02 Å². The molecule has 1 saturated heterocycles. The lowest BCUT2D eigenvalue weighted by Crippen LogP contribution is -2.53. The first-order valence-corrected chi connectivity index (χ1v) is 8.13. The molecule has 1 aliphatic rings. The third-order valence-electron chi connectivity index (χ3n) is 4.13. The van der Waals surface area contributed by atoms with Crippen molar-refractivity contribution in [2.45, 2.75) is 0 Å². The first-order valence-electron chi connectivity index (χ1n) is 7.75. The van der Waals surface area contributed by atoms with E-state index in [0.29, 0.717) is 29.4 Å². The molecule has 2 amide bonds. The summed E-state index contributed by atoms with van der Waals surface area (Å²) in [6, 6.07) is 11.1. The average molecular weight is 359 g/mol. The van der Waals surface area contributed by atoms with Gasteiger partial charge in [-0.1, -0.05) is 30.3 Å². The molecule has 0 spiro atoms. The summed E-state index contributed by atoms with van der Waals surface area (Å²) in [6.45, 7) is 4.13. The van der Waals surface area contributed by atoms with Gasteiger partial charge in [-0.15, -0.1) is 0 Å². The van der Waals surface area contributed by atoms with E-state index in [0.717, 1.165) is 5.56 Å². The summed E-state index contributed by atoms with van der Waals surface area (Å²) in [6.07, 6.45) is 1.23. The molecule has 0 radical (unpaired) electrons. The molecule has 6 heteroatoms. The minimum atomic E-state index is -0.394. The van der Waals surface area contributed by atoms with Crippen LogP contribution in [-0.2, 0) is 9.59 Å². The van der Waals surface area contributed by atoms with Gasteiger partial charge in [0.2, 0.25) is 11.8 Å². The van der Waals surface area contributed by atoms with E-state index in [1.165, 1.54) is 24.3 Å². The van der Waals surface area contributed by atoms with E-state index in [1.807, 2.05) is 0 Å². The van der Waals surface area contributed by atoms with Gasteiger partial charge in [0.1, 0.15) is 5.82 Å². The number of benzene rings is 2. The van der Waals surface area contributed by atoms with Gasteiger partial charge < -0.3 is 10.2 Å². The number of hydrogen-bond acceptors (Lipinski definition) is 2. The molecule has 1 aliphatic heterocycles. The Morgan fingerprint density at radius 3 is 2.52 bits per heavy atom. The minimum Gasteiger partial charge on any atom is -0.337 e. The molecule has 3 rings (SSSR count). The van der Waals surface area contributed by atoms with Gasteiger partial charge >= 0.3 is 0 Å². The van der Waals surface area contributed by atoms with Crippen LogP contribution in [0.25, 0.3) is 11.1 Å². The second kappa shape index (κ2) is 7.07. The molecule has 25 heavy (non-hydrogen) atoms. The molecule has 128 valence electrons. The van der Waals surface area contributed by atoms with E-state index in [9.17, 15) is 14.0 Å². The lowest BCUT2D eigenvalue weighted by molar-refractivity contribution is -0.137. The Hall–Kier alpha value is -2.66. The van der Waals surface area contributed by atoms with Gasteiger partial charge in [-0.05, 0) is 42.0 Å². The van der Waals surface area contributed by atoms with Crippen LogP contribution < -0.4 is 5.32 Å². The van der Waals surface area contributed by atoms with Gasteiger partial charge in [0.05, 0.1) is 5.92 Å². The highest BCUT2D eigenvalue weighted by molar-refractivity contribution is 6.30. The predicted octanol–water partition coefficient (Wildman–Crippen LogP) is 3.73. The van der Waals surface area contributed by atoms with E-state index < -0.39 is 5.82 Å². The zero-order valence-electron chi connectivity index (χ0n) is 13.3. The first kappa shape index (κ1) is 17.2. The maximum absolute atomic E-state index is 13.7. The van der Waals surface area contributed by atoms with Crippen LogP contribution in [0.3, 0.4) is 0 Å². The summed E-state index contributed by atoms with van der Waals surface area (Å²) in [7, 11) is 0. The highest BCUT2D eigenvalue weighted by atomic mass is 35.5. The normalized spacial score (nSPS) is 13.9. The van der Waals surface area contributed by atoms with E-state index in [4.69, 9.17) is 11.6 Å². The Bertz CT molecular complexity index is 830. The van der Waals surface area contributed by atoms with Crippen molar-refractivity contribution < 1.29 is 14.0 Å². The Morgan fingerprint density at radius 2 is 1.88 bits per heavy atom. The van der Waals surface area contributed by atoms with Crippen LogP contribution >= 0.6 is 11.6 Å². The molecule has 0 aromatic heterocycles. The lowest BCUT2D eigenvalue weighted by atomic mass is 9.98. The molecule has 1 fully saturated rings. The van der Waals surface area contributed by atoms with Crippen molar-refractivity contribution in [1.29, 1.82) is 0 Å². The van der Waals surface area contributed by atoms with Crippen LogP contribution in [-0.4, -0.2) is 29.8 Å². The zero-order chi connectivity index (χ0) is 18.0. The maximum atomic E-state index is 13.7. The Labute approximate surface area is 149 Å². The molecule has 0 unspecified atom stereocenters. The summed E-state index contributed by atoms with van der Waals surface area (Å²) in [5.74, 6) is -1.07. The van der Waals surface area contributed by atoms with Crippen molar-refractivity contribution in [2.24, 2.45) is 5.92 Å². The van der Waals surface area contributed by atoms with Gasteiger partial charge in [-0.3, -0.25) is 9.59 Å². The van der Waals surface area contributed by atoms with Crippen molar-refractivity contribution in [3.05, 3.63) is 66.0 Å². The van der Waals surface area contributed by atoms with Crippen LogP contribution in [0, 0.1) is 11.7 Å². The van der Waals surface area contributed by atoms with E-state index >= 15 is 0 Å². The van der Waals surface area contributed by atoms with Crippen molar-refractivity contribution in [1.82, 2.24) is 4.90 Å². The van der Waals surface area contributed by atoms with Crippen LogP contribution in [0.4, 0.5) is 10.1 Å². The summed E-state index contributed by atoms with van der Waals surface area (Å²) in [4.78, 5) is 25.4. The summed E-state index contributed by atoms with van der Waals surface area (Å²) >= 11 is 5.89. The highest BCUT2D eigenvalue weighted by Gasteiger charge is 2.34. The minimum absolute atomic E-state index is 0.187. The van der Waals surface area contributed by atoms with Crippen molar-refractivity contribution >= 4 is 29.1 Å². The second-order valence-corrected chi connectivity index (χ2v) is 6.27. The largest absolute Gasteiger partial charge is 0.337 e. The fourth-order valence-corrected chi connectivity index (χ4v) is 2.81. The topological polar surface area (TPSA) is 49.4 Å². The summed E-state index contributed by atoms with van der Waals surface area (Å²) in [5, 5.41) is 3.40. The fourth-order valence-electron chi connectivity index (χ4n) is 2.68. The smallest absolute Gasteiger partial charge is 0.246 e. The monoisotopic (exact) mass is 358 g/mol. The summed E-state index contributed by atoms with van der Waals surface area (Å²) in [5.41, 5.74) is 1.84. The van der Waals surface area contributed by atoms with Gasteiger partial charge in [0.25, 0.3) is 0 Å². The van der Waals surface area contributed by atoms with Gasteiger partial charge in [0.15, 0.2) is 0 Å². The van der Waals surface area contributed by atoms with E-state index in [-0.39, 0.29) is 17.7 Å². The lowest BCUT2D eigenvalue weighted by Gasteiger charge is -2.37. The number of carbonyl (C=O) groups excluding carboxylic acids is 2. The first-order chi connectivity index (χ1) is 12.0. The molecule has 0 bridgehead atoms. The predicted molar refractivity (Wildman–Crippen MR) is 95.7 cm³/mol. The standard InChI is InChI=1S/C19H16ClFN2O2/c1-2-18(24)23-10-13(11-23)19(25)22-17-8-7-15(21)9-16(17)12-3-5-14(20)6-4-12/h2-9,13H,1,10-11H2,(H,22,25). The number of amides is 2. The zero-order valence-corrected chi connectivity index (χ0v) is 14.1. The fraction of sp³-hybridized carbons (Fsp3) is 0.158. The number of nitrogens with zero attached hydrogens (tertiary/aromatic N) is 1. The third kappa shape index (κ3) is 3.72. The van der Waals surface area contributed by atoms with E-state index in [1.54, 1.807) is 29.2 Å². The van der Waals surface area contributed by atoms with Gasteiger partial charge in [-0.25, -0.2) is 4.39 Å². The Kier molecular flexibility index (Phi) is 4.86. The van der Waals surface area contributed by atoms with Crippen LogP contribution in [0.1, 0.15) is 0 Å². The number of nitrogens with one attached hydrogen (secondary N) is 1. The molecule has 0 saturated carbocycles. The number of anilines is 1. The van der Waals surface area contributed by atoms with Crippen LogP contribution in [0.5, 0.6) is 0 Å². The van der Waals surface area contributed by atoms with Crippen molar-refractivity contribution in [3.63, 3.8) is 0 Å². The molecule has 2 aromatic carbocycles. The van der Waals surface area contributed by atoms with Gasteiger partial charge in [0, 0.05) is 29.4 Å². The molecule has 0 aliphatic carbocycles. The third-order valence-corrected chi connectivity index (χ3v) is 4.39. The van der Waals surface area contributed by atoms with Crippen LogP contribution in [0.15, 0.2) is 55.1 Å². The number of halogens is 2. The molecule has 2 aromatic rings. The Balaban J connectivity index is 1.77. The number of rotatable bonds is 4. The Morgan fingerprint density at radius 1 is 1.20 bits per heavy atom. The number of likely N-dealkylation sites (tertiary alicyclic amines) is 1. The van der Waals surface area contributed by atoms with Crippen molar-refractivity contribution in [2.75, 3.05) is 18.4 Å². The molecule has 4 nitrogen and oxygen atoms in total. The van der Waals surface area contributed by atoms with Gasteiger partial charge in [-0.2, -0.15) is 0 Å². The molecule has 1 heterocycles. The van der Waals surface area contributed by atoms with Crippen molar-refractivity contribution in [3.8, 4) is 11.1 Å². The average Bonchev–Trinajstić information content (AvgIpc) is 2.55. The second-order valence-electron chi connectivity index (χ2n) is 5.83. The highest BCUT2D eigenvalue weighted by Crippen LogP contribution is 2.30. The quantitative estimate of drug-likeness (QED) is 0.847.